The van der Waals surface area contributed by atoms with E-state index in [0.29, 0.717) is 10.5 Å². The normalized spacial score (nSPS) is 11.8. The summed E-state index contributed by atoms with van der Waals surface area (Å²) in [6, 6.07) is 4.38. The molecule has 0 saturated carbocycles. The number of halogens is 3. The van der Waals surface area contributed by atoms with Gasteiger partial charge in [-0.05, 0) is 30.7 Å². The van der Waals surface area contributed by atoms with E-state index in [4.69, 9.17) is 0 Å². The molecule has 0 fully saturated rings. The fourth-order valence-electron chi connectivity index (χ4n) is 0.917. The van der Waals surface area contributed by atoms with Crippen molar-refractivity contribution in [2.75, 3.05) is 5.75 Å². The minimum Gasteiger partial charge on any atom is -0.207 e. The lowest BCUT2D eigenvalue weighted by molar-refractivity contribution is 0.0492. The summed E-state index contributed by atoms with van der Waals surface area (Å²) in [5, 5.41) is 0. The summed E-state index contributed by atoms with van der Waals surface area (Å²) in [5.74, 6) is -3.28. The number of alkyl halides is 2. The van der Waals surface area contributed by atoms with Crippen LogP contribution < -0.4 is 0 Å². The molecule has 14 heavy (non-hydrogen) atoms. The van der Waals surface area contributed by atoms with Crippen LogP contribution in [-0.2, 0) is 0 Å². The highest BCUT2D eigenvalue weighted by Gasteiger charge is 2.21. The molecule has 0 atom stereocenters. The van der Waals surface area contributed by atoms with E-state index in [1.54, 1.807) is 13.0 Å². The number of rotatable bonds is 3. The summed E-state index contributed by atoms with van der Waals surface area (Å²) in [7, 11) is 0. The Hall–Kier alpha value is -0.640. The van der Waals surface area contributed by atoms with Gasteiger partial charge in [-0.2, -0.15) is 0 Å². The van der Waals surface area contributed by atoms with E-state index in [1.807, 2.05) is 0 Å². The van der Waals surface area contributed by atoms with Crippen LogP contribution in [0.3, 0.4) is 0 Å². The maximum atomic E-state index is 12.8. The van der Waals surface area contributed by atoms with Crippen LogP contribution in [0, 0.1) is 12.7 Å². The molecule has 0 aliphatic carbocycles. The fraction of sp³-hybridized carbons (Fsp3) is 0.400. The number of aryl methyl sites for hydroxylation is 1. The molecule has 0 aromatic heterocycles. The molecule has 0 spiro atoms. The first-order chi connectivity index (χ1) is 6.38. The van der Waals surface area contributed by atoms with Crippen LogP contribution in [0.4, 0.5) is 13.2 Å². The van der Waals surface area contributed by atoms with Gasteiger partial charge in [0.15, 0.2) is 0 Å². The lowest BCUT2D eigenvalue weighted by atomic mass is 10.2. The van der Waals surface area contributed by atoms with Gasteiger partial charge in [0.25, 0.3) is 5.92 Å². The van der Waals surface area contributed by atoms with Gasteiger partial charge in [0.2, 0.25) is 0 Å². The Morgan fingerprint density at radius 1 is 1.36 bits per heavy atom. The molecule has 0 aliphatic rings. The second kappa shape index (κ2) is 4.26. The van der Waals surface area contributed by atoms with E-state index in [9.17, 15) is 13.2 Å². The number of benzene rings is 1. The minimum absolute atomic E-state index is 0.280. The zero-order valence-corrected chi connectivity index (χ0v) is 8.80. The van der Waals surface area contributed by atoms with Crippen LogP contribution in [0.25, 0.3) is 0 Å². The molecule has 0 N–H and O–H groups in total. The van der Waals surface area contributed by atoms with E-state index < -0.39 is 5.92 Å². The third-order valence-corrected chi connectivity index (χ3v) is 2.86. The Morgan fingerprint density at radius 3 is 2.50 bits per heavy atom. The van der Waals surface area contributed by atoms with Gasteiger partial charge in [0.05, 0.1) is 5.75 Å². The SMILES string of the molecule is Cc1cc(SCC(C)(F)F)ccc1F. The van der Waals surface area contributed by atoms with Crippen molar-refractivity contribution in [3.8, 4) is 0 Å². The molecule has 0 bridgehead atoms. The highest BCUT2D eigenvalue weighted by Crippen LogP contribution is 2.26. The van der Waals surface area contributed by atoms with Crippen molar-refractivity contribution in [2.45, 2.75) is 24.7 Å². The van der Waals surface area contributed by atoms with Gasteiger partial charge in [0, 0.05) is 11.8 Å². The minimum atomic E-state index is -2.69. The highest BCUT2D eigenvalue weighted by atomic mass is 32.2. The molecular weight excluding hydrogens is 209 g/mol. The zero-order chi connectivity index (χ0) is 10.8. The van der Waals surface area contributed by atoms with Gasteiger partial charge < -0.3 is 0 Å². The summed E-state index contributed by atoms with van der Waals surface area (Å²) < 4.78 is 37.8. The summed E-state index contributed by atoms with van der Waals surface area (Å²) in [5.41, 5.74) is 0.481. The van der Waals surface area contributed by atoms with Crippen LogP contribution in [-0.4, -0.2) is 11.7 Å². The third-order valence-electron chi connectivity index (χ3n) is 1.62. The average molecular weight is 220 g/mol. The maximum absolute atomic E-state index is 12.8. The molecule has 0 unspecified atom stereocenters. The van der Waals surface area contributed by atoms with Crippen molar-refractivity contribution in [1.82, 2.24) is 0 Å². The molecule has 0 nitrogen and oxygen atoms in total. The van der Waals surface area contributed by atoms with Crippen LogP contribution in [0.5, 0.6) is 0 Å². The quantitative estimate of drug-likeness (QED) is 0.696. The van der Waals surface area contributed by atoms with E-state index in [1.165, 1.54) is 12.1 Å². The largest absolute Gasteiger partial charge is 0.254 e. The lowest BCUT2D eigenvalue weighted by Gasteiger charge is -2.09. The standard InChI is InChI=1S/C10H11F3S/c1-7-5-8(3-4-9(7)11)14-6-10(2,12)13/h3-5H,6H2,1-2H3. The lowest BCUT2D eigenvalue weighted by Crippen LogP contribution is -2.12. The molecule has 0 radical (unpaired) electrons. The molecule has 1 rings (SSSR count). The topological polar surface area (TPSA) is 0 Å². The van der Waals surface area contributed by atoms with Gasteiger partial charge in [-0.1, -0.05) is 0 Å². The number of thioether (sulfide) groups is 1. The third kappa shape index (κ3) is 3.62. The monoisotopic (exact) mass is 220 g/mol. The molecule has 0 amide bonds. The van der Waals surface area contributed by atoms with Crippen LogP contribution in [0.1, 0.15) is 12.5 Å². The average Bonchev–Trinajstić information content (AvgIpc) is 2.06. The first-order valence-electron chi connectivity index (χ1n) is 4.15. The first-order valence-corrected chi connectivity index (χ1v) is 5.14. The number of hydrogen-bond donors (Lipinski definition) is 0. The molecule has 0 saturated heterocycles. The van der Waals surface area contributed by atoms with Crippen molar-refractivity contribution in [1.29, 1.82) is 0 Å². The predicted molar refractivity (Wildman–Crippen MR) is 52.5 cm³/mol. The summed E-state index contributed by atoms with van der Waals surface area (Å²) in [6.45, 7) is 2.49. The van der Waals surface area contributed by atoms with Crippen molar-refractivity contribution in [2.24, 2.45) is 0 Å². The van der Waals surface area contributed by atoms with Crippen LogP contribution in [0.2, 0.25) is 0 Å². The molecule has 4 heteroatoms. The van der Waals surface area contributed by atoms with Crippen molar-refractivity contribution < 1.29 is 13.2 Å². The van der Waals surface area contributed by atoms with Gasteiger partial charge in [-0.15, -0.1) is 11.8 Å². The smallest absolute Gasteiger partial charge is 0.207 e. The van der Waals surface area contributed by atoms with Crippen molar-refractivity contribution in [3.63, 3.8) is 0 Å². The molecule has 1 aromatic rings. The molecule has 0 aliphatic heterocycles. The van der Waals surface area contributed by atoms with Crippen molar-refractivity contribution in [3.05, 3.63) is 29.6 Å². The van der Waals surface area contributed by atoms with Crippen LogP contribution >= 0.6 is 11.8 Å². The van der Waals surface area contributed by atoms with Crippen LogP contribution in [0.15, 0.2) is 23.1 Å². The van der Waals surface area contributed by atoms with Gasteiger partial charge in [-0.3, -0.25) is 0 Å². The molecule has 0 heterocycles. The zero-order valence-electron chi connectivity index (χ0n) is 7.98. The van der Waals surface area contributed by atoms with Gasteiger partial charge in [-0.25, -0.2) is 13.2 Å². The molecule has 78 valence electrons. The second-order valence-electron chi connectivity index (χ2n) is 3.27. The Kier molecular flexibility index (Phi) is 3.48. The van der Waals surface area contributed by atoms with E-state index in [-0.39, 0.29) is 11.6 Å². The van der Waals surface area contributed by atoms with E-state index in [2.05, 4.69) is 0 Å². The highest BCUT2D eigenvalue weighted by molar-refractivity contribution is 7.99. The Bertz CT molecular complexity index is 318. The summed E-state index contributed by atoms with van der Waals surface area (Å²) >= 11 is 1.03. The fourth-order valence-corrected chi connectivity index (χ4v) is 1.76. The Balaban J connectivity index is 2.65. The van der Waals surface area contributed by atoms with E-state index >= 15 is 0 Å². The Morgan fingerprint density at radius 2 is 2.00 bits per heavy atom. The maximum Gasteiger partial charge on any atom is 0.254 e. The van der Waals surface area contributed by atoms with Gasteiger partial charge in [0.1, 0.15) is 5.82 Å². The van der Waals surface area contributed by atoms with E-state index in [0.717, 1.165) is 18.7 Å². The van der Waals surface area contributed by atoms with Gasteiger partial charge >= 0.3 is 0 Å². The van der Waals surface area contributed by atoms with Crippen molar-refractivity contribution >= 4 is 11.8 Å². The second-order valence-corrected chi connectivity index (χ2v) is 4.32. The molecular formula is C10H11F3S. The Labute approximate surface area is 85.5 Å². The summed E-state index contributed by atoms with van der Waals surface area (Å²) in [6.07, 6.45) is 0. The predicted octanol–water partition coefficient (Wildman–Crippen LogP) is 3.88. The first kappa shape index (κ1) is 11.4. The molecule has 1 aromatic carbocycles. The number of hydrogen-bond acceptors (Lipinski definition) is 1. The summed E-state index contributed by atoms with van der Waals surface area (Å²) in [4.78, 5) is 0.672.